The maximum Gasteiger partial charge on any atom is 0.220 e. The highest BCUT2D eigenvalue weighted by atomic mass is 35.5. The maximum atomic E-state index is 6.41. The van der Waals surface area contributed by atoms with Gasteiger partial charge in [-0.3, -0.25) is 8.97 Å². The highest BCUT2D eigenvalue weighted by Gasteiger charge is 2.37. The van der Waals surface area contributed by atoms with E-state index < -0.39 is 0 Å². The molecule has 0 fully saturated rings. The van der Waals surface area contributed by atoms with Crippen LogP contribution in [0.25, 0.3) is 34.1 Å². The van der Waals surface area contributed by atoms with Crippen LogP contribution in [0.4, 0.5) is 0 Å². The van der Waals surface area contributed by atoms with Gasteiger partial charge in [0, 0.05) is 16.1 Å². The van der Waals surface area contributed by atoms with Crippen LogP contribution in [0.2, 0.25) is 5.02 Å². The summed E-state index contributed by atoms with van der Waals surface area (Å²) in [5, 5.41) is 0.699. The van der Waals surface area contributed by atoms with Gasteiger partial charge < -0.3 is 0 Å². The number of hydrogen-bond donors (Lipinski definition) is 0. The van der Waals surface area contributed by atoms with Crippen LogP contribution in [-0.2, 0) is 5.41 Å². The van der Waals surface area contributed by atoms with Crippen molar-refractivity contribution in [3.63, 3.8) is 0 Å². The SMILES string of the molecule is C=C1/C(=C\c2c(C)n3c4ccccc4nc3n2-c2cccc(Cl)c2)C(C)(C)c2ccccc21. The number of aryl methyl sites for hydroxylation is 1. The van der Waals surface area contributed by atoms with Crippen molar-refractivity contribution < 1.29 is 0 Å². The van der Waals surface area contributed by atoms with Crippen molar-refractivity contribution in [1.29, 1.82) is 0 Å². The Labute approximate surface area is 198 Å². The molecule has 0 saturated carbocycles. The van der Waals surface area contributed by atoms with Crippen molar-refractivity contribution in [3.8, 4) is 5.69 Å². The summed E-state index contributed by atoms with van der Waals surface area (Å²) < 4.78 is 4.45. The number of fused-ring (bicyclic) bond motifs is 4. The zero-order valence-corrected chi connectivity index (χ0v) is 19.7. The summed E-state index contributed by atoms with van der Waals surface area (Å²) in [6.45, 7) is 11.2. The number of hydrogen-bond acceptors (Lipinski definition) is 1. The summed E-state index contributed by atoms with van der Waals surface area (Å²) in [6, 6.07) is 24.8. The van der Waals surface area contributed by atoms with Gasteiger partial charge in [0.15, 0.2) is 0 Å². The van der Waals surface area contributed by atoms with Gasteiger partial charge in [-0.25, -0.2) is 4.98 Å². The fraction of sp³-hybridized carbons (Fsp3) is 0.138. The molecular formula is C29H24ClN3. The zero-order valence-electron chi connectivity index (χ0n) is 18.9. The van der Waals surface area contributed by atoms with Crippen LogP contribution in [0.5, 0.6) is 0 Å². The summed E-state index contributed by atoms with van der Waals surface area (Å²) in [6.07, 6.45) is 2.29. The molecule has 3 nitrogen and oxygen atoms in total. The third-order valence-electron chi connectivity index (χ3n) is 6.96. The average molecular weight is 450 g/mol. The third-order valence-corrected chi connectivity index (χ3v) is 7.20. The number of allylic oxidation sites excluding steroid dienone is 2. The lowest BCUT2D eigenvalue weighted by Crippen LogP contribution is -2.15. The molecule has 4 heteroatoms. The Kier molecular flexibility index (Phi) is 4.24. The molecule has 0 atom stereocenters. The first-order valence-electron chi connectivity index (χ1n) is 11.1. The zero-order chi connectivity index (χ0) is 22.9. The quantitative estimate of drug-likeness (QED) is 0.271. The predicted octanol–water partition coefficient (Wildman–Crippen LogP) is 7.63. The largest absolute Gasteiger partial charge is 0.280 e. The Morgan fingerprint density at radius 1 is 0.970 bits per heavy atom. The molecule has 0 aliphatic heterocycles. The summed E-state index contributed by atoms with van der Waals surface area (Å²) in [5.74, 6) is 0.877. The summed E-state index contributed by atoms with van der Waals surface area (Å²) in [5.41, 5.74) is 9.97. The minimum absolute atomic E-state index is 0.145. The molecule has 33 heavy (non-hydrogen) atoms. The lowest BCUT2D eigenvalue weighted by atomic mass is 9.82. The molecule has 1 aliphatic carbocycles. The minimum atomic E-state index is -0.145. The van der Waals surface area contributed by atoms with Gasteiger partial charge >= 0.3 is 0 Å². The first kappa shape index (κ1) is 20.1. The van der Waals surface area contributed by atoms with E-state index in [2.05, 4.69) is 90.9 Å². The van der Waals surface area contributed by atoms with Crippen LogP contribution < -0.4 is 0 Å². The van der Waals surface area contributed by atoms with E-state index in [1.807, 2.05) is 24.3 Å². The van der Waals surface area contributed by atoms with Crippen LogP contribution in [0.1, 0.15) is 36.4 Å². The lowest BCUT2D eigenvalue weighted by molar-refractivity contribution is 0.664. The normalized spacial score (nSPS) is 16.2. The number of aromatic nitrogens is 3. The molecule has 0 saturated heterocycles. The van der Waals surface area contributed by atoms with E-state index in [1.165, 1.54) is 16.7 Å². The molecule has 1 aliphatic rings. The summed E-state index contributed by atoms with van der Waals surface area (Å²) in [7, 11) is 0. The van der Waals surface area contributed by atoms with Crippen LogP contribution in [0.3, 0.4) is 0 Å². The van der Waals surface area contributed by atoms with E-state index >= 15 is 0 Å². The van der Waals surface area contributed by atoms with E-state index in [0.717, 1.165) is 39.5 Å². The fourth-order valence-corrected chi connectivity index (χ4v) is 5.46. The molecule has 162 valence electrons. The molecule has 6 rings (SSSR count). The van der Waals surface area contributed by atoms with Gasteiger partial charge in [0.2, 0.25) is 5.78 Å². The standard InChI is InChI=1S/C29H24ClN3/c1-18-22-12-5-6-13-23(22)29(3,4)24(18)17-27-19(2)32-26-15-8-7-14-25(26)31-28(32)33(27)21-11-9-10-20(30)16-21/h5-17H,1H2,2-4H3/b24-17+. The van der Waals surface area contributed by atoms with Gasteiger partial charge in [-0.05, 0) is 65.6 Å². The van der Waals surface area contributed by atoms with Crippen LogP contribution in [0.15, 0.2) is 84.9 Å². The topological polar surface area (TPSA) is 22.2 Å². The second kappa shape index (κ2) is 6.97. The number of para-hydroxylation sites is 2. The number of nitrogens with zero attached hydrogens (tertiary/aromatic N) is 3. The van der Waals surface area contributed by atoms with E-state index in [0.29, 0.717) is 5.02 Å². The molecule has 3 aromatic carbocycles. The van der Waals surface area contributed by atoms with Gasteiger partial charge in [0.25, 0.3) is 0 Å². The Bertz CT molecular complexity index is 1630. The van der Waals surface area contributed by atoms with Gasteiger partial charge in [0.1, 0.15) is 0 Å². The lowest BCUT2D eigenvalue weighted by Gasteiger charge is -2.22. The van der Waals surface area contributed by atoms with Crippen LogP contribution in [0, 0.1) is 6.92 Å². The molecule has 0 amide bonds. The minimum Gasteiger partial charge on any atom is -0.280 e. The van der Waals surface area contributed by atoms with E-state index in [9.17, 15) is 0 Å². The van der Waals surface area contributed by atoms with Gasteiger partial charge in [-0.1, -0.05) is 74.5 Å². The molecule has 5 aromatic rings. The van der Waals surface area contributed by atoms with Crippen molar-refractivity contribution in [2.75, 3.05) is 0 Å². The van der Waals surface area contributed by atoms with Crippen LogP contribution >= 0.6 is 11.6 Å². The molecule has 0 spiro atoms. The Morgan fingerprint density at radius 3 is 2.52 bits per heavy atom. The Morgan fingerprint density at radius 2 is 1.73 bits per heavy atom. The first-order chi connectivity index (χ1) is 15.9. The second-order valence-electron chi connectivity index (χ2n) is 9.23. The Balaban J connectivity index is 1.70. The Hall–Kier alpha value is -3.56. The van der Waals surface area contributed by atoms with E-state index in [4.69, 9.17) is 16.6 Å². The van der Waals surface area contributed by atoms with Crippen LogP contribution in [-0.4, -0.2) is 14.0 Å². The van der Waals surface area contributed by atoms with Crippen molar-refractivity contribution in [1.82, 2.24) is 14.0 Å². The maximum absolute atomic E-state index is 6.41. The fourth-order valence-electron chi connectivity index (χ4n) is 5.28. The van der Waals surface area contributed by atoms with Crippen molar-refractivity contribution in [3.05, 3.63) is 112 Å². The number of imidazole rings is 2. The van der Waals surface area contributed by atoms with Gasteiger partial charge in [0.05, 0.1) is 22.4 Å². The summed E-state index contributed by atoms with van der Waals surface area (Å²) in [4.78, 5) is 5.00. The number of benzene rings is 3. The second-order valence-corrected chi connectivity index (χ2v) is 9.67. The van der Waals surface area contributed by atoms with Crippen molar-refractivity contribution >= 4 is 40.1 Å². The highest BCUT2D eigenvalue weighted by Crippen LogP contribution is 2.49. The highest BCUT2D eigenvalue weighted by molar-refractivity contribution is 6.30. The monoisotopic (exact) mass is 449 g/mol. The first-order valence-corrected chi connectivity index (χ1v) is 11.5. The van der Waals surface area contributed by atoms with Gasteiger partial charge in [-0.2, -0.15) is 0 Å². The molecule has 0 N–H and O–H groups in total. The van der Waals surface area contributed by atoms with Crippen molar-refractivity contribution in [2.45, 2.75) is 26.2 Å². The van der Waals surface area contributed by atoms with E-state index in [-0.39, 0.29) is 5.41 Å². The number of rotatable bonds is 2. The molecule has 0 bridgehead atoms. The smallest absolute Gasteiger partial charge is 0.220 e. The van der Waals surface area contributed by atoms with E-state index in [1.54, 1.807) is 0 Å². The number of halogens is 1. The molecule has 2 aromatic heterocycles. The predicted molar refractivity (Wildman–Crippen MR) is 138 cm³/mol. The third kappa shape index (κ3) is 2.79. The molecule has 2 heterocycles. The summed E-state index contributed by atoms with van der Waals surface area (Å²) >= 11 is 6.41. The molecule has 0 radical (unpaired) electrons. The molecular weight excluding hydrogens is 426 g/mol. The average Bonchev–Trinajstić information content (AvgIpc) is 3.37. The molecule has 0 unspecified atom stereocenters. The van der Waals surface area contributed by atoms with Crippen molar-refractivity contribution in [2.24, 2.45) is 0 Å². The van der Waals surface area contributed by atoms with Gasteiger partial charge in [-0.15, -0.1) is 0 Å².